The predicted octanol–water partition coefficient (Wildman–Crippen LogP) is 3.17. The molecule has 0 saturated carbocycles. The second kappa shape index (κ2) is 4.42. The molecule has 0 bridgehead atoms. The molecule has 0 aliphatic carbocycles. The zero-order chi connectivity index (χ0) is 12.5. The maximum Gasteiger partial charge on any atom is 0.317 e. The molecule has 0 N–H and O–H groups in total. The fraction of sp³-hybridized carbons (Fsp3) is 0.0769. The van der Waals surface area contributed by atoms with E-state index in [1.165, 1.54) is 0 Å². The van der Waals surface area contributed by atoms with Crippen molar-refractivity contribution in [1.82, 2.24) is 14.6 Å². The summed E-state index contributed by atoms with van der Waals surface area (Å²) in [6, 6.07) is 12.4. The van der Waals surface area contributed by atoms with E-state index in [9.17, 15) is 0 Å². The molecule has 2 aromatic heterocycles. The van der Waals surface area contributed by atoms with Gasteiger partial charge in [0, 0.05) is 11.8 Å². The number of methoxy groups -OCH3 is 1. The number of ether oxygens (including phenoxy) is 1. The summed E-state index contributed by atoms with van der Waals surface area (Å²) in [5.41, 5.74) is 2.86. The van der Waals surface area contributed by atoms with Crippen molar-refractivity contribution in [3.8, 4) is 17.3 Å². The minimum atomic E-state index is 0.468. The van der Waals surface area contributed by atoms with Crippen LogP contribution in [-0.2, 0) is 0 Å². The van der Waals surface area contributed by atoms with Crippen molar-refractivity contribution in [1.29, 1.82) is 0 Å². The lowest BCUT2D eigenvalue weighted by atomic mass is 10.1. The van der Waals surface area contributed by atoms with Crippen molar-refractivity contribution in [3.63, 3.8) is 0 Å². The third kappa shape index (κ3) is 1.67. The number of halogens is 1. The van der Waals surface area contributed by atoms with Crippen molar-refractivity contribution in [2.24, 2.45) is 0 Å². The Labute approximate surface area is 112 Å². The SMILES string of the molecule is COc1nccc2c(Br)c(-c3ccccc3)nn12. The lowest BCUT2D eigenvalue weighted by molar-refractivity contribution is 0.367. The fourth-order valence-corrected chi connectivity index (χ4v) is 2.46. The molecule has 0 amide bonds. The van der Waals surface area contributed by atoms with Gasteiger partial charge in [-0.1, -0.05) is 30.3 Å². The second-order valence-corrected chi connectivity index (χ2v) is 4.55. The van der Waals surface area contributed by atoms with E-state index in [1.54, 1.807) is 17.8 Å². The molecule has 0 aliphatic rings. The molecule has 0 saturated heterocycles. The summed E-state index contributed by atoms with van der Waals surface area (Å²) in [4.78, 5) is 4.13. The molecule has 90 valence electrons. The molecule has 0 atom stereocenters. The number of rotatable bonds is 2. The van der Waals surface area contributed by atoms with Gasteiger partial charge in [0.15, 0.2) is 0 Å². The van der Waals surface area contributed by atoms with Crippen molar-refractivity contribution < 1.29 is 4.74 Å². The minimum Gasteiger partial charge on any atom is -0.467 e. The Morgan fingerprint density at radius 2 is 1.94 bits per heavy atom. The molecule has 3 rings (SSSR count). The van der Waals surface area contributed by atoms with E-state index in [0.29, 0.717) is 6.01 Å². The lowest BCUT2D eigenvalue weighted by Gasteiger charge is -1.99. The van der Waals surface area contributed by atoms with Crippen LogP contribution in [0.3, 0.4) is 0 Å². The van der Waals surface area contributed by atoms with Gasteiger partial charge < -0.3 is 4.74 Å². The number of hydrogen-bond acceptors (Lipinski definition) is 3. The molecule has 3 aromatic rings. The summed E-state index contributed by atoms with van der Waals surface area (Å²) in [6.07, 6.45) is 1.70. The van der Waals surface area contributed by atoms with Gasteiger partial charge in [0.25, 0.3) is 0 Å². The monoisotopic (exact) mass is 303 g/mol. The van der Waals surface area contributed by atoms with Crippen molar-refractivity contribution >= 4 is 21.4 Å². The van der Waals surface area contributed by atoms with E-state index < -0.39 is 0 Å². The van der Waals surface area contributed by atoms with Crippen molar-refractivity contribution in [2.75, 3.05) is 7.11 Å². The van der Waals surface area contributed by atoms with Gasteiger partial charge in [0.05, 0.1) is 17.1 Å². The van der Waals surface area contributed by atoms with Crippen LogP contribution in [0.5, 0.6) is 6.01 Å². The molecule has 5 heteroatoms. The highest BCUT2D eigenvalue weighted by atomic mass is 79.9. The lowest BCUT2D eigenvalue weighted by Crippen LogP contribution is -1.97. The van der Waals surface area contributed by atoms with Gasteiger partial charge in [-0.2, -0.15) is 9.61 Å². The Morgan fingerprint density at radius 3 is 2.67 bits per heavy atom. The van der Waals surface area contributed by atoms with Gasteiger partial charge in [0.1, 0.15) is 5.69 Å². The zero-order valence-electron chi connectivity index (χ0n) is 9.67. The smallest absolute Gasteiger partial charge is 0.317 e. The Balaban J connectivity index is 2.29. The first-order chi connectivity index (χ1) is 8.81. The van der Waals surface area contributed by atoms with Crippen LogP contribution in [0.25, 0.3) is 16.8 Å². The first-order valence-corrected chi connectivity index (χ1v) is 6.23. The number of fused-ring (bicyclic) bond motifs is 1. The van der Waals surface area contributed by atoms with Crippen molar-refractivity contribution in [2.45, 2.75) is 0 Å². The molecule has 0 aliphatic heterocycles. The number of aromatic nitrogens is 3. The van der Waals surface area contributed by atoms with Crippen LogP contribution in [0.4, 0.5) is 0 Å². The first kappa shape index (κ1) is 11.2. The number of nitrogens with zero attached hydrogens (tertiary/aromatic N) is 3. The summed E-state index contributed by atoms with van der Waals surface area (Å²) >= 11 is 3.59. The number of benzene rings is 1. The largest absolute Gasteiger partial charge is 0.467 e. The second-order valence-electron chi connectivity index (χ2n) is 3.76. The average Bonchev–Trinajstić information content (AvgIpc) is 2.77. The summed E-state index contributed by atoms with van der Waals surface area (Å²) in [6.45, 7) is 0. The summed E-state index contributed by atoms with van der Waals surface area (Å²) in [5.74, 6) is 0. The Morgan fingerprint density at radius 1 is 1.17 bits per heavy atom. The Bertz CT molecular complexity index is 694. The van der Waals surface area contributed by atoms with E-state index >= 15 is 0 Å². The van der Waals surface area contributed by atoms with Crippen LogP contribution in [0.1, 0.15) is 0 Å². The predicted molar refractivity (Wildman–Crippen MR) is 72.7 cm³/mol. The fourth-order valence-electron chi connectivity index (χ4n) is 1.85. The highest BCUT2D eigenvalue weighted by molar-refractivity contribution is 9.10. The maximum absolute atomic E-state index is 5.20. The Kier molecular flexibility index (Phi) is 2.76. The number of hydrogen-bond donors (Lipinski definition) is 0. The molecular formula is C13H10BrN3O. The quantitative estimate of drug-likeness (QED) is 0.730. The zero-order valence-corrected chi connectivity index (χ0v) is 11.3. The third-order valence-corrected chi connectivity index (χ3v) is 3.47. The summed E-state index contributed by atoms with van der Waals surface area (Å²) in [5, 5.41) is 4.54. The molecular weight excluding hydrogens is 294 g/mol. The van der Waals surface area contributed by atoms with Gasteiger partial charge in [-0.15, -0.1) is 0 Å². The molecule has 4 nitrogen and oxygen atoms in total. The molecule has 0 spiro atoms. The summed E-state index contributed by atoms with van der Waals surface area (Å²) in [7, 11) is 1.58. The van der Waals surface area contributed by atoms with Gasteiger partial charge >= 0.3 is 6.01 Å². The van der Waals surface area contributed by atoms with Crippen molar-refractivity contribution in [3.05, 3.63) is 47.1 Å². The standard InChI is InChI=1S/C13H10BrN3O/c1-18-13-15-8-7-10-11(14)12(16-17(10)13)9-5-3-2-4-6-9/h2-8H,1H3. The molecule has 18 heavy (non-hydrogen) atoms. The van der Waals surface area contributed by atoms with E-state index in [4.69, 9.17) is 4.74 Å². The maximum atomic E-state index is 5.20. The highest BCUT2D eigenvalue weighted by Gasteiger charge is 2.14. The van der Waals surface area contributed by atoms with Gasteiger partial charge in [-0.25, -0.2) is 4.98 Å². The highest BCUT2D eigenvalue weighted by Crippen LogP contribution is 2.31. The van der Waals surface area contributed by atoms with E-state index in [1.807, 2.05) is 36.4 Å². The molecule has 0 radical (unpaired) electrons. The van der Waals surface area contributed by atoms with E-state index in [2.05, 4.69) is 26.0 Å². The van der Waals surface area contributed by atoms with Crippen LogP contribution in [0.2, 0.25) is 0 Å². The van der Waals surface area contributed by atoms with E-state index in [-0.39, 0.29) is 0 Å². The van der Waals surface area contributed by atoms with Crippen LogP contribution in [-0.4, -0.2) is 21.7 Å². The molecule has 2 heterocycles. The third-order valence-electron chi connectivity index (χ3n) is 2.69. The Hall–Kier alpha value is -1.88. The normalized spacial score (nSPS) is 10.8. The average molecular weight is 304 g/mol. The van der Waals surface area contributed by atoms with Gasteiger partial charge in [-0.3, -0.25) is 0 Å². The van der Waals surface area contributed by atoms with E-state index in [0.717, 1.165) is 21.2 Å². The first-order valence-electron chi connectivity index (χ1n) is 5.44. The van der Waals surface area contributed by atoms with Crippen LogP contribution in [0.15, 0.2) is 47.1 Å². The molecule has 0 unspecified atom stereocenters. The van der Waals surface area contributed by atoms with Gasteiger partial charge in [0.2, 0.25) is 0 Å². The summed E-state index contributed by atoms with van der Waals surface area (Å²) < 4.78 is 7.83. The van der Waals surface area contributed by atoms with Crippen LogP contribution >= 0.6 is 15.9 Å². The van der Waals surface area contributed by atoms with Crippen LogP contribution < -0.4 is 4.74 Å². The van der Waals surface area contributed by atoms with Gasteiger partial charge in [-0.05, 0) is 22.0 Å². The molecule has 0 fully saturated rings. The van der Waals surface area contributed by atoms with Crippen LogP contribution in [0, 0.1) is 0 Å². The topological polar surface area (TPSA) is 39.4 Å². The minimum absolute atomic E-state index is 0.468. The molecule has 1 aromatic carbocycles.